The minimum absolute atomic E-state index is 0.415. The average molecular weight is 146 g/mol. The second kappa shape index (κ2) is 2.93. The van der Waals surface area contributed by atoms with Crippen LogP contribution in [0.3, 0.4) is 0 Å². The molecular formula is C8H6N2O. The van der Waals surface area contributed by atoms with E-state index >= 15 is 0 Å². The molecule has 0 atom stereocenters. The second-order valence-corrected chi connectivity index (χ2v) is 2.13. The number of hydrogen-bond acceptors (Lipinski definition) is 3. The van der Waals surface area contributed by atoms with Crippen molar-refractivity contribution >= 4 is 6.29 Å². The van der Waals surface area contributed by atoms with E-state index in [0.717, 1.165) is 0 Å². The van der Waals surface area contributed by atoms with Gasteiger partial charge in [0.2, 0.25) is 0 Å². The number of nitrogens with zero attached hydrogens (tertiary/aromatic N) is 2. The molecule has 1 rings (SSSR count). The topological polar surface area (TPSA) is 53.8 Å². The van der Waals surface area contributed by atoms with E-state index < -0.39 is 0 Å². The van der Waals surface area contributed by atoms with E-state index in [1.54, 1.807) is 6.92 Å². The van der Waals surface area contributed by atoms with Crippen LogP contribution < -0.4 is 0 Å². The molecule has 11 heavy (non-hydrogen) atoms. The first-order chi connectivity index (χ1) is 5.27. The molecule has 3 nitrogen and oxygen atoms in total. The Hall–Kier alpha value is -1.69. The Kier molecular flexibility index (Phi) is 1.98. The summed E-state index contributed by atoms with van der Waals surface area (Å²) in [6, 6.07) is 3.43. The highest BCUT2D eigenvalue weighted by Gasteiger charge is 1.98. The summed E-state index contributed by atoms with van der Waals surface area (Å²) in [6.07, 6.45) is 2.14. The third-order valence-electron chi connectivity index (χ3n) is 1.38. The maximum absolute atomic E-state index is 10.3. The normalized spacial score (nSPS) is 8.73. The molecule has 0 aliphatic carbocycles. The quantitative estimate of drug-likeness (QED) is 0.557. The van der Waals surface area contributed by atoms with Crippen molar-refractivity contribution in [3.8, 4) is 6.07 Å². The zero-order valence-corrected chi connectivity index (χ0v) is 6.03. The zero-order valence-electron chi connectivity index (χ0n) is 6.03. The molecule has 0 spiro atoms. The van der Waals surface area contributed by atoms with Crippen molar-refractivity contribution in [3.05, 3.63) is 29.1 Å². The van der Waals surface area contributed by atoms with Crippen LogP contribution in [0.25, 0.3) is 0 Å². The Bertz CT molecular complexity index is 325. The van der Waals surface area contributed by atoms with Gasteiger partial charge in [-0.25, -0.2) is 0 Å². The Morgan fingerprint density at radius 2 is 2.45 bits per heavy atom. The van der Waals surface area contributed by atoms with Gasteiger partial charge in [-0.3, -0.25) is 9.78 Å². The highest BCUT2D eigenvalue weighted by atomic mass is 16.1. The number of aldehydes is 1. The number of rotatable bonds is 1. The van der Waals surface area contributed by atoms with Crippen LogP contribution in [0.15, 0.2) is 12.3 Å². The summed E-state index contributed by atoms with van der Waals surface area (Å²) in [4.78, 5) is 14.2. The molecule has 0 aliphatic rings. The van der Waals surface area contributed by atoms with Crippen molar-refractivity contribution in [1.82, 2.24) is 4.98 Å². The molecule has 0 radical (unpaired) electrons. The highest BCUT2D eigenvalue weighted by Crippen LogP contribution is 2.03. The van der Waals surface area contributed by atoms with Crippen molar-refractivity contribution < 1.29 is 4.79 Å². The summed E-state index contributed by atoms with van der Waals surface area (Å²) in [7, 11) is 0. The van der Waals surface area contributed by atoms with E-state index in [2.05, 4.69) is 4.98 Å². The molecule has 0 aliphatic heterocycles. The SMILES string of the molecule is Cc1ncc(C#N)cc1C=O. The minimum atomic E-state index is 0.415. The smallest absolute Gasteiger partial charge is 0.151 e. The highest BCUT2D eigenvalue weighted by molar-refractivity contribution is 5.76. The molecule has 1 heterocycles. The van der Waals surface area contributed by atoms with Gasteiger partial charge in [-0.05, 0) is 13.0 Å². The Balaban J connectivity index is 3.25. The molecule has 0 aromatic carbocycles. The fourth-order valence-electron chi connectivity index (χ4n) is 0.731. The molecule has 0 amide bonds. The fraction of sp³-hybridized carbons (Fsp3) is 0.125. The molecule has 0 saturated heterocycles. The fourth-order valence-corrected chi connectivity index (χ4v) is 0.731. The molecule has 0 bridgehead atoms. The predicted molar refractivity (Wildman–Crippen MR) is 39.1 cm³/mol. The maximum atomic E-state index is 10.3. The molecule has 0 N–H and O–H groups in total. The lowest BCUT2D eigenvalue weighted by molar-refractivity contribution is 0.112. The van der Waals surface area contributed by atoms with Gasteiger partial charge in [0.15, 0.2) is 6.29 Å². The van der Waals surface area contributed by atoms with Crippen molar-refractivity contribution in [3.63, 3.8) is 0 Å². The lowest BCUT2D eigenvalue weighted by atomic mass is 10.2. The number of pyridine rings is 1. The third-order valence-corrected chi connectivity index (χ3v) is 1.38. The van der Waals surface area contributed by atoms with Gasteiger partial charge < -0.3 is 0 Å². The Morgan fingerprint density at radius 3 is 3.00 bits per heavy atom. The molecule has 0 unspecified atom stereocenters. The third kappa shape index (κ3) is 1.41. The van der Waals surface area contributed by atoms with Crippen LogP contribution >= 0.6 is 0 Å². The van der Waals surface area contributed by atoms with Crippen LogP contribution in [0.2, 0.25) is 0 Å². The number of aryl methyl sites for hydroxylation is 1. The summed E-state index contributed by atoms with van der Waals surface area (Å²) >= 11 is 0. The molecule has 54 valence electrons. The first-order valence-electron chi connectivity index (χ1n) is 3.10. The first-order valence-corrected chi connectivity index (χ1v) is 3.10. The molecule has 0 fully saturated rings. The van der Waals surface area contributed by atoms with Gasteiger partial charge in [-0.15, -0.1) is 0 Å². The van der Waals surface area contributed by atoms with Gasteiger partial charge in [0.25, 0.3) is 0 Å². The molecule has 1 aromatic rings. The summed E-state index contributed by atoms with van der Waals surface area (Å²) in [5.41, 5.74) is 1.54. The molecular weight excluding hydrogens is 140 g/mol. The molecule has 0 saturated carbocycles. The lowest BCUT2D eigenvalue weighted by Gasteiger charge is -1.94. The second-order valence-electron chi connectivity index (χ2n) is 2.13. The van der Waals surface area contributed by atoms with E-state index in [9.17, 15) is 4.79 Å². The minimum Gasteiger partial charge on any atom is -0.298 e. The summed E-state index contributed by atoms with van der Waals surface area (Å²) in [6.45, 7) is 1.73. The number of carbonyl (C=O) groups is 1. The monoisotopic (exact) mass is 146 g/mol. The van der Waals surface area contributed by atoms with Crippen molar-refractivity contribution in [2.75, 3.05) is 0 Å². The van der Waals surface area contributed by atoms with Crippen LogP contribution in [0.5, 0.6) is 0 Å². The van der Waals surface area contributed by atoms with Crippen LogP contribution in [0.1, 0.15) is 21.6 Å². The number of nitriles is 1. The predicted octanol–water partition coefficient (Wildman–Crippen LogP) is 1.07. The molecule has 3 heteroatoms. The van der Waals surface area contributed by atoms with E-state index in [4.69, 9.17) is 5.26 Å². The largest absolute Gasteiger partial charge is 0.298 e. The van der Waals surface area contributed by atoms with Crippen molar-refractivity contribution in [2.45, 2.75) is 6.92 Å². The van der Waals surface area contributed by atoms with Gasteiger partial charge in [-0.2, -0.15) is 5.26 Å². The van der Waals surface area contributed by atoms with E-state index in [0.29, 0.717) is 23.1 Å². The summed E-state index contributed by atoms with van der Waals surface area (Å²) < 4.78 is 0. The van der Waals surface area contributed by atoms with Gasteiger partial charge in [0.1, 0.15) is 6.07 Å². The van der Waals surface area contributed by atoms with E-state index in [-0.39, 0.29) is 0 Å². The van der Waals surface area contributed by atoms with Gasteiger partial charge in [-0.1, -0.05) is 0 Å². The Morgan fingerprint density at radius 1 is 1.73 bits per heavy atom. The van der Waals surface area contributed by atoms with Crippen LogP contribution in [0.4, 0.5) is 0 Å². The van der Waals surface area contributed by atoms with E-state index in [1.807, 2.05) is 6.07 Å². The van der Waals surface area contributed by atoms with Gasteiger partial charge >= 0.3 is 0 Å². The van der Waals surface area contributed by atoms with Crippen molar-refractivity contribution in [1.29, 1.82) is 5.26 Å². The average Bonchev–Trinajstić information content (AvgIpc) is 2.05. The standard InChI is InChI=1S/C8H6N2O/c1-6-8(5-11)2-7(3-9)4-10-6/h2,4-5H,1H3. The Labute approximate surface area is 64.3 Å². The number of aromatic nitrogens is 1. The lowest BCUT2D eigenvalue weighted by Crippen LogP contribution is -1.91. The van der Waals surface area contributed by atoms with Crippen molar-refractivity contribution in [2.24, 2.45) is 0 Å². The van der Waals surface area contributed by atoms with Gasteiger partial charge in [0.05, 0.1) is 5.56 Å². The molecule has 1 aromatic heterocycles. The van der Waals surface area contributed by atoms with Crippen LogP contribution in [0, 0.1) is 18.3 Å². The van der Waals surface area contributed by atoms with Gasteiger partial charge in [0, 0.05) is 17.5 Å². The first kappa shape index (κ1) is 7.42. The summed E-state index contributed by atoms with van der Waals surface area (Å²) in [5, 5.41) is 8.44. The van der Waals surface area contributed by atoms with Crippen LogP contribution in [-0.4, -0.2) is 11.3 Å². The van der Waals surface area contributed by atoms with E-state index in [1.165, 1.54) is 12.3 Å². The van der Waals surface area contributed by atoms with Crippen LogP contribution in [-0.2, 0) is 0 Å². The zero-order chi connectivity index (χ0) is 8.27. The number of hydrogen-bond donors (Lipinski definition) is 0. The maximum Gasteiger partial charge on any atom is 0.151 e. The summed E-state index contributed by atoms with van der Waals surface area (Å²) in [5.74, 6) is 0. The number of carbonyl (C=O) groups excluding carboxylic acids is 1.